The molecule has 0 aliphatic rings. The van der Waals surface area contributed by atoms with Crippen molar-refractivity contribution in [2.24, 2.45) is 0 Å². The lowest BCUT2D eigenvalue weighted by molar-refractivity contribution is -0.111. The van der Waals surface area contributed by atoms with E-state index in [4.69, 9.17) is 18.9 Å². The molecular formula is C27H26N2O5S. The van der Waals surface area contributed by atoms with Crippen molar-refractivity contribution in [2.45, 2.75) is 6.92 Å². The van der Waals surface area contributed by atoms with Gasteiger partial charge in [-0.15, -0.1) is 0 Å². The molecule has 1 heterocycles. The molecule has 1 aromatic heterocycles. The van der Waals surface area contributed by atoms with E-state index in [0.717, 1.165) is 15.8 Å². The normalized spacial score (nSPS) is 11.3. The third-order valence-corrected chi connectivity index (χ3v) is 6.34. The second-order valence-electron chi connectivity index (χ2n) is 7.69. The summed E-state index contributed by atoms with van der Waals surface area (Å²) in [6.07, 6.45) is 1.78. The summed E-state index contributed by atoms with van der Waals surface area (Å²) in [5.74, 6) is 1.87. The van der Waals surface area contributed by atoms with Crippen molar-refractivity contribution in [1.82, 2.24) is 4.98 Å². The highest BCUT2D eigenvalue weighted by molar-refractivity contribution is 7.22. The largest absolute Gasteiger partial charge is 0.497 e. The fraction of sp³-hybridized carbons (Fsp3) is 0.185. The number of rotatable bonds is 8. The molecule has 0 aliphatic heterocycles. The van der Waals surface area contributed by atoms with E-state index in [1.54, 1.807) is 46.6 Å². The molecule has 0 spiro atoms. The fourth-order valence-electron chi connectivity index (χ4n) is 3.65. The smallest absolute Gasteiger partial charge is 0.258 e. The van der Waals surface area contributed by atoms with Crippen LogP contribution in [0.25, 0.3) is 21.9 Å². The number of ether oxygens (including phenoxy) is 4. The Morgan fingerprint density at radius 3 is 2.17 bits per heavy atom. The molecule has 0 aliphatic carbocycles. The van der Waals surface area contributed by atoms with E-state index in [9.17, 15) is 4.79 Å². The number of hydrogen-bond acceptors (Lipinski definition) is 7. The first-order valence-corrected chi connectivity index (χ1v) is 11.6. The number of anilines is 1. The number of aryl methyl sites for hydroxylation is 1. The third-order valence-electron chi connectivity index (χ3n) is 5.41. The maximum Gasteiger partial charge on any atom is 0.258 e. The molecule has 180 valence electrons. The van der Waals surface area contributed by atoms with Crippen molar-refractivity contribution in [3.8, 4) is 23.0 Å². The summed E-state index contributed by atoms with van der Waals surface area (Å²) in [6.45, 7) is 2.03. The Bertz CT molecular complexity index is 1370. The number of benzene rings is 3. The topological polar surface area (TPSA) is 78.9 Å². The van der Waals surface area contributed by atoms with Gasteiger partial charge >= 0.3 is 0 Å². The van der Waals surface area contributed by atoms with Gasteiger partial charge in [0, 0.05) is 5.57 Å². The Morgan fingerprint density at radius 2 is 1.57 bits per heavy atom. The molecule has 0 radical (unpaired) electrons. The standard InChI is InChI=1S/C27H26N2O5S/c1-16-6-11-21-24(12-16)35-27(28-21)29-26(30)20(18-7-9-19(31-2)10-8-18)13-17-14-22(32-3)25(34-5)23(15-17)33-4/h6-15H,1-5H3,(H,28,29,30)/b20-13+. The van der Waals surface area contributed by atoms with E-state index < -0.39 is 0 Å². The Kier molecular flexibility index (Phi) is 7.22. The predicted octanol–water partition coefficient (Wildman–Crippen LogP) is 5.82. The van der Waals surface area contributed by atoms with Crippen LogP contribution in [0.15, 0.2) is 54.6 Å². The van der Waals surface area contributed by atoms with Crippen LogP contribution in [0.5, 0.6) is 23.0 Å². The van der Waals surface area contributed by atoms with Crippen molar-refractivity contribution < 1.29 is 23.7 Å². The van der Waals surface area contributed by atoms with Gasteiger partial charge in [0.2, 0.25) is 5.75 Å². The first-order valence-electron chi connectivity index (χ1n) is 10.8. The minimum atomic E-state index is -0.292. The van der Waals surface area contributed by atoms with Crippen LogP contribution in [0.2, 0.25) is 0 Å². The average molecular weight is 491 g/mol. The van der Waals surface area contributed by atoms with Crippen LogP contribution in [-0.2, 0) is 4.79 Å². The number of amides is 1. The van der Waals surface area contributed by atoms with Gasteiger partial charge in [-0.3, -0.25) is 10.1 Å². The second kappa shape index (κ2) is 10.5. The molecule has 0 fully saturated rings. The number of carbonyl (C=O) groups is 1. The van der Waals surface area contributed by atoms with E-state index in [0.29, 0.717) is 44.8 Å². The summed E-state index contributed by atoms with van der Waals surface area (Å²) in [4.78, 5) is 18.1. The van der Waals surface area contributed by atoms with E-state index in [1.165, 1.54) is 11.3 Å². The minimum Gasteiger partial charge on any atom is -0.497 e. The molecule has 0 saturated carbocycles. The SMILES string of the molecule is COc1ccc(/C(=C\c2cc(OC)c(OC)c(OC)c2)C(=O)Nc2nc3ccc(C)cc3s2)cc1. The number of aromatic nitrogens is 1. The molecule has 8 heteroatoms. The van der Waals surface area contributed by atoms with Crippen molar-refractivity contribution in [1.29, 1.82) is 0 Å². The van der Waals surface area contributed by atoms with E-state index >= 15 is 0 Å². The summed E-state index contributed by atoms with van der Waals surface area (Å²) >= 11 is 1.44. The van der Waals surface area contributed by atoms with Crippen LogP contribution >= 0.6 is 11.3 Å². The summed E-state index contributed by atoms with van der Waals surface area (Å²) in [6, 6.07) is 16.9. The van der Waals surface area contributed by atoms with E-state index in [2.05, 4.69) is 16.4 Å². The zero-order chi connectivity index (χ0) is 24.9. The maximum absolute atomic E-state index is 13.5. The van der Waals surface area contributed by atoms with Gasteiger partial charge in [-0.2, -0.15) is 0 Å². The minimum absolute atomic E-state index is 0.292. The lowest BCUT2D eigenvalue weighted by atomic mass is 10.0. The molecule has 7 nitrogen and oxygen atoms in total. The van der Waals surface area contributed by atoms with Crippen LogP contribution in [0.3, 0.4) is 0 Å². The van der Waals surface area contributed by atoms with Gasteiger partial charge in [0.05, 0.1) is 38.7 Å². The van der Waals surface area contributed by atoms with E-state index in [1.807, 2.05) is 43.3 Å². The zero-order valence-electron chi connectivity index (χ0n) is 20.2. The monoisotopic (exact) mass is 490 g/mol. The molecule has 3 aromatic carbocycles. The Hall–Kier alpha value is -4.04. The molecule has 1 amide bonds. The van der Waals surface area contributed by atoms with Crippen molar-refractivity contribution in [2.75, 3.05) is 33.8 Å². The first-order chi connectivity index (χ1) is 16.9. The Balaban J connectivity index is 1.77. The van der Waals surface area contributed by atoms with E-state index in [-0.39, 0.29) is 5.91 Å². The van der Waals surface area contributed by atoms with Gasteiger partial charge in [0.1, 0.15) is 5.75 Å². The highest BCUT2D eigenvalue weighted by Gasteiger charge is 2.18. The van der Waals surface area contributed by atoms with Crippen LogP contribution < -0.4 is 24.3 Å². The van der Waals surface area contributed by atoms with Crippen molar-refractivity contribution in [3.63, 3.8) is 0 Å². The quantitative estimate of drug-likeness (QED) is 0.248. The van der Waals surface area contributed by atoms with Crippen molar-refractivity contribution >= 4 is 44.2 Å². The molecule has 35 heavy (non-hydrogen) atoms. The molecule has 0 unspecified atom stereocenters. The van der Waals surface area contributed by atoms with Crippen LogP contribution in [0.1, 0.15) is 16.7 Å². The third kappa shape index (κ3) is 5.22. The first kappa shape index (κ1) is 24.1. The summed E-state index contributed by atoms with van der Waals surface area (Å²) in [5.41, 5.74) is 3.85. The van der Waals surface area contributed by atoms with Gasteiger partial charge in [-0.1, -0.05) is 29.5 Å². The molecule has 0 bridgehead atoms. The predicted molar refractivity (Wildman–Crippen MR) is 140 cm³/mol. The molecule has 4 aromatic rings. The van der Waals surface area contributed by atoms with Gasteiger partial charge < -0.3 is 18.9 Å². The Morgan fingerprint density at radius 1 is 0.886 bits per heavy atom. The number of nitrogens with zero attached hydrogens (tertiary/aromatic N) is 1. The lowest BCUT2D eigenvalue weighted by Crippen LogP contribution is -2.13. The maximum atomic E-state index is 13.5. The number of nitrogens with one attached hydrogen (secondary N) is 1. The van der Waals surface area contributed by atoms with Gasteiger partial charge in [0.15, 0.2) is 16.6 Å². The molecule has 4 rings (SSSR count). The molecule has 0 saturated heterocycles. The Labute approximate surface area is 207 Å². The fourth-order valence-corrected chi connectivity index (χ4v) is 4.61. The van der Waals surface area contributed by atoms with Gasteiger partial charge in [-0.05, 0) is 66.1 Å². The van der Waals surface area contributed by atoms with Crippen molar-refractivity contribution in [3.05, 3.63) is 71.3 Å². The van der Waals surface area contributed by atoms with Gasteiger partial charge in [0.25, 0.3) is 5.91 Å². The summed E-state index contributed by atoms with van der Waals surface area (Å²) in [5, 5.41) is 3.49. The van der Waals surface area contributed by atoms with Crippen LogP contribution in [0, 0.1) is 6.92 Å². The molecule has 0 atom stereocenters. The highest BCUT2D eigenvalue weighted by Crippen LogP contribution is 2.39. The molecular weight excluding hydrogens is 464 g/mol. The van der Waals surface area contributed by atoms with Crippen LogP contribution in [0.4, 0.5) is 5.13 Å². The number of carbonyl (C=O) groups excluding carboxylic acids is 1. The summed E-state index contributed by atoms with van der Waals surface area (Å²) in [7, 11) is 6.25. The number of fused-ring (bicyclic) bond motifs is 1. The average Bonchev–Trinajstić information content (AvgIpc) is 3.27. The number of methoxy groups -OCH3 is 4. The van der Waals surface area contributed by atoms with Crippen LogP contribution in [-0.4, -0.2) is 39.3 Å². The zero-order valence-corrected chi connectivity index (χ0v) is 21.0. The summed E-state index contributed by atoms with van der Waals surface area (Å²) < 4.78 is 22.7. The molecule has 1 N–H and O–H groups in total. The number of hydrogen-bond donors (Lipinski definition) is 1. The second-order valence-corrected chi connectivity index (χ2v) is 8.72. The lowest BCUT2D eigenvalue weighted by Gasteiger charge is -2.14. The highest BCUT2D eigenvalue weighted by atomic mass is 32.1. The van der Waals surface area contributed by atoms with Gasteiger partial charge in [-0.25, -0.2) is 4.98 Å². The number of thiazole rings is 1.